The van der Waals surface area contributed by atoms with Crippen molar-refractivity contribution in [2.75, 3.05) is 6.54 Å². The molecule has 2 N–H and O–H groups in total. The highest BCUT2D eigenvalue weighted by molar-refractivity contribution is 7.80. The number of nitrogens with one attached hydrogen (secondary N) is 2. The third-order valence-electron chi connectivity index (χ3n) is 4.98. The lowest BCUT2D eigenvalue weighted by Gasteiger charge is -2.50. The number of amides is 1. The minimum absolute atomic E-state index is 0.124. The van der Waals surface area contributed by atoms with Crippen molar-refractivity contribution >= 4 is 23.2 Å². The van der Waals surface area contributed by atoms with Gasteiger partial charge >= 0.3 is 0 Å². The van der Waals surface area contributed by atoms with Crippen LogP contribution in [0.1, 0.15) is 49.4 Å². The Morgan fingerprint density at radius 3 is 2.46 bits per heavy atom. The van der Waals surface area contributed by atoms with Gasteiger partial charge in [-0.15, -0.1) is 0 Å². The third-order valence-corrected chi connectivity index (χ3v) is 5.33. The monoisotopic (exact) mass is 349 g/mol. The first kappa shape index (κ1) is 17.1. The Hall–Kier alpha value is -1.69. The summed E-state index contributed by atoms with van der Waals surface area (Å²) in [6, 6.07) is 6.63. The van der Waals surface area contributed by atoms with Crippen molar-refractivity contribution in [3.63, 3.8) is 0 Å². The summed E-state index contributed by atoms with van der Waals surface area (Å²) in [4.78, 5) is 14.7. The van der Waals surface area contributed by atoms with Crippen molar-refractivity contribution in [2.24, 2.45) is 0 Å². The van der Waals surface area contributed by atoms with E-state index in [-0.39, 0.29) is 17.8 Å². The number of fused-ring (bicyclic) bond motifs is 2. The van der Waals surface area contributed by atoms with Gasteiger partial charge in [0.15, 0.2) is 5.11 Å². The van der Waals surface area contributed by atoms with E-state index in [1.54, 1.807) is 0 Å². The minimum atomic E-state index is -0.327. The second-order valence-corrected chi connectivity index (χ2v) is 7.02. The smallest absolute Gasteiger partial charge is 0.251 e. The Kier molecular flexibility index (Phi) is 5.33. The first-order valence-electron chi connectivity index (χ1n) is 8.71. The SMILES string of the molecule is CCNC(=S)N1[C@@H]2CCC[C@H]1CC(NC(=O)c1ccc(F)cc1)C2. The molecule has 1 unspecified atom stereocenters. The molecule has 6 heteroatoms. The minimum Gasteiger partial charge on any atom is -0.363 e. The van der Waals surface area contributed by atoms with Gasteiger partial charge in [0, 0.05) is 30.2 Å². The zero-order valence-electron chi connectivity index (χ0n) is 13.9. The summed E-state index contributed by atoms with van der Waals surface area (Å²) >= 11 is 5.53. The van der Waals surface area contributed by atoms with Gasteiger partial charge in [-0.2, -0.15) is 0 Å². The number of piperidine rings is 2. The lowest BCUT2D eigenvalue weighted by Crippen LogP contribution is -2.60. The molecule has 1 amide bonds. The Morgan fingerprint density at radius 1 is 1.25 bits per heavy atom. The Labute approximate surface area is 147 Å². The van der Waals surface area contributed by atoms with Crippen molar-refractivity contribution in [3.05, 3.63) is 35.6 Å². The van der Waals surface area contributed by atoms with Gasteiger partial charge in [0.2, 0.25) is 0 Å². The largest absolute Gasteiger partial charge is 0.363 e. The molecule has 2 saturated heterocycles. The zero-order valence-corrected chi connectivity index (χ0v) is 14.7. The fourth-order valence-electron chi connectivity index (χ4n) is 3.94. The molecule has 2 bridgehead atoms. The predicted octanol–water partition coefficient (Wildman–Crippen LogP) is 2.84. The lowest BCUT2D eigenvalue weighted by atomic mass is 9.82. The van der Waals surface area contributed by atoms with Gasteiger partial charge in [0.05, 0.1) is 0 Å². The van der Waals surface area contributed by atoms with Gasteiger partial charge in [-0.3, -0.25) is 4.79 Å². The molecule has 0 aliphatic carbocycles. The molecule has 2 aliphatic rings. The number of thiocarbonyl (C=S) groups is 1. The van der Waals surface area contributed by atoms with Crippen LogP contribution in [-0.4, -0.2) is 40.6 Å². The Balaban J connectivity index is 1.64. The van der Waals surface area contributed by atoms with Crippen molar-refractivity contribution in [1.82, 2.24) is 15.5 Å². The molecule has 24 heavy (non-hydrogen) atoms. The molecular formula is C18H24FN3OS. The first-order valence-corrected chi connectivity index (χ1v) is 9.12. The second kappa shape index (κ2) is 7.47. The van der Waals surface area contributed by atoms with E-state index in [4.69, 9.17) is 12.2 Å². The molecule has 2 heterocycles. The number of benzene rings is 1. The van der Waals surface area contributed by atoms with Crippen molar-refractivity contribution < 1.29 is 9.18 Å². The number of hydrogen-bond donors (Lipinski definition) is 2. The molecular weight excluding hydrogens is 325 g/mol. The van der Waals surface area contributed by atoms with Gasteiger partial charge in [-0.1, -0.05) is 0 Å². The number of carbonyl (C=O) groups excluding carboxylic acids is 1. The summed E-state index contributed by atoms with van der Waals surface area (Å²) in [5.41, 5.74) is 0.507. The molecule has 0 radical (unpaired) electrons. The van der Waals surface area contributed by atoms with E-state index in [2.05, 4.69) is 22.5 Å². The molecule has 3 atom stereocenters. The summed E-state index contributed by atoms with van der Waals surface area (Å²) in [5, 5.41) is 7.23. The molecule has 0 spiro atoms. The summed E-state index contributed by atoms with van der Waals surface area (Å²) < 4.78 is 13.0. The first-order chi connectivity index (χ1) is 11.6. The lowest BCUT2D eigenvalue weighted by molar-refractivity contribution is 0.0741. The summed E-state index contributed by atoms with van der Waals surface area (Å²) in [5.74, 6) is -0.452. The highest BCUT2D eigenvalue weighted by Gasteiger charge is 2.39. The maximum absolute atomic E-state index is 13.0. The maximum atomic E-state index is 13.0. The van der Waals surface area contributed by atoms with Crippen LogP contribution >= 0.6 is 12.2 Å². The van der Waals surface area contributed by atoms with Crippen molar-refractivity contribution in [1.29, 1.82) is 0 Å². The fourth-order valence-corrected chi connectivity index (χ4v) is 4.39. The average molecular weight is 349 g/mol. The van der Waals surface area contributed by atoms with E-state index in [1.807, 2.05) is 0 Å². The number of halogens is 1. The number of nitrogens with zero attached hydrogens (tertiary/aromatic N) is 1. The van der Waals surface area contributed by atoms with E-state index in [0.29, 0.717) is 17.6 Å². The van der Waals surface area contributed by atoms with Gasteiger partial charge in [0.1, 0.15) is 5.82 Å². The van der Waals surface area contributed by atoms with Gasteiger partial charge in [-0.25, -0.2) is 4.39 Å². The summed E-state index contributed by atoms with van der Waals surface area (Å²) in [7, 11) is 0. The van der Waals surface area contributed by atoms with Crippen LogP contribution < -0.4 is 10.6 Å². The highest BCUT2D eigenvalue weighted by atomic mass is 32.1. The van der Waals surface area contributed by atoms with E-state index in [0.717, 1.165) is 37.3 Å². The maximum Gasteiger partial charge on any atom is 0.251 e. The van der Waals surface area contributed by atoms with E-state index < -0.39 is 0 Å². The van der Waals surface area contributed by atoms with Crippen LogP contribution in [-0.2, 0) is 0 Å². The van der Waals surface area contributed by atoms with Crippen LogP contribution in [0.3, 0.4) is 0 Å². The average Bonchev–Trinajstić information content (AvgIpc) is 2.54. The molecule has 2 fully saturated rings. The van der Waals surface area contributed by atoms with Gasteiger partial charge in [0.25, 0.3) is 5.91 Å². The quantitative estimate of drug-likeness (QED) is 0.824. The second-order valence-electron chi connectivity index (χ2n) is 6.63. The molecule has 4 nitrogen and oxygen atoms in total. The predicted molar refractivity (Wildman–Crippen MR) is 96.4 cm³/mol. The van der Waals surface area contributed by atoms with Crippen LogP contribution in [0.2, 0.25) is 0 Å². The third kappa shape index (κ3) is 3.69. The van der Waals surface area contributed by atoms with E-state index in [1.165, 1.54) is 30.7 Å². The zero-order chi connectivity index (χ0) is 17.1. The van der Waals surface area contributed by atoms with Crippen molar-refractivity contribution in [2.45, 2.75) is 57.2 Å². The standard InChI is InChI=1S/C18H24FN3OS/c1-2-20-18(24)22-15-4-3-5-16(22)11-14(10-15)21-17(23)12-6-8-13(19)9-7-12/h6-9,14-16H,2-5,10-11H2,1H3,(H,20,24)(H,21,23)/t14?,15-,16+. The fraction of sp³-hybridized carbons (Fsp3) is 0.556. The normalized spacial score (nSPS) is 25.9. The molecule has 130 valence electrons. The molecule has 1 aromatic carbocycles. The summed E-state index contributed by atoms with van der Waals surface area (Å²) in [6.07, 6.45) is 5.28. The van der Waals surface area contributed by atoms with Crippen LogP contribution in [0.15, 0.2) is 24.3 Å². The molecule has 2 aliphatic heterocycles. The van der Waals surface area contributed by atoms with Crippen LogP contribution in [0.4, 0.5) is 4.39 Å². The van der Waals surface area contributed by atoms with Gasteiger partial charge < -0.3 is 15.5 Å². The molecule has 0 aromatic heterocycles. The molecule has 0 saturated carbocycles. The number of rotatable bonds is 3. The van der Waals surface area contributed by atoms with E-state index in [9.17, 15) is 9.18 Å². The molecule has 1 aromatic rings. The van der Waals surface area contributed by atoms with Gasteiger partial charge in [-0.05, 0) is 75.5 Å². The van der Waals surface area contributed by atoms with Crippen LogP contribution in [0.25, 0.3) is 0 Å². The Bertz CT molecular complexity index is 593. The summed E-state index contributed by atoms with van der Waals surface area (Å²) in [6.45, 7) is 2.89. The van der Waals surface area contributed by atoms with Crippen molar-refractivity contribution in [3.8, 4) is 0 Å². The van der Waals surface area contributed by atoms with Crippen LogP contribution in [0, 0.1) is 5.82 Å². The topological polar surface area (TPSA) is 44.4 Å². The van der Waals surface area contributed by atoms with Crippen LogP contribution in [0.5, 0.6) is 0 Å². The number of hydrogen-bond acceptors (Lipinski definition) is 2. The molecule has 3 rings (SSSR count). The highest BCUT2D eigenvalue weighted by Crippen LogP contribution is 2.34. The van der Waals surface area contributed by atoms with E-state index >= 15 is 0 Å². The number of carbonyl (C=O) groups is 1. The Morgan fingerprint density at radius 2 is 1.88 bits per heavy atom.